The Balaban J connectivity index is 2.94. The Morgan fingerprint density at radius 1 is 1.60 bits per heavy atom. The number of hydrogen-bond acceptors (Lipinski definition) is 4. The summed E-state index contributed by atoms with van der Waals surface area (Å²) in [5.74, 6) is 4.68. The van der Waals surface area contributed by atoms with Gasteiger partial charge in [-0.2, -0.15) is 0 Å². The average Bonchev–Trinajstić information content (AvgIpc) is 2.25. The van der Waals surface area contributed by atoms with Crippen molar-refractivity contribution in [2.45, 2.75) is 13.0 Å². The molecular weight excluding hydrogens is 194 g/mol. The zero-order chi connectivity index (χ0) is 11.3. The van der Waals surface area contributed by atoms with E-state index in [-0.39, 0.29) is 5.69 Å². The molecule has 0 aliphatic heterocycles. The summed E-state index contributed by atoms with van der Waals surface area (Å²) in [4.78, 5) is 15.1. The van der Waals surface area contributed by atoms with E-state index in [1.54, 1.807) is 25.1 Å². The van der Waals surface area contributed by atoms with E-state index in [1.807, 2.05) is 0 Å². The highest BCUT2D eigenvalue weighted by atomic mass is 16.5. The molecule has 0 saturated heterocycles. The monoisotopic (exact) mass is 205 g/mol. The molecule has 1 N–H and O–H groups in total. The second-order valence-corrected chi connectivity index (χ2v) is 2.84. The standard InChI is InChI=1S/C11H11NO3/c1-8(13)6-7-9-4-3-5-10(12-9)11(14)15-2/h3-5,8,13H,1-2H3/t8-/m0/s1. The van der Waals surface area contributed by atoms with E-state index in [2.05, 4.69) is 21.6 Å². The van der Waals surface area contributed by atoms with Gasteiger partial charge in [-0.25, -0.2) is 9.78 Å². The van der Waals surface area contributed by atoms with Crippen LogP contribution in [0.4, 0.5) is 0 Å². The first-order chi connectivity index (χ1) is 7.13. The topological polar surface area (TPSA) is 59.4 Å². The zero-order valence-electron chi connectivity index (χ0n) is 8.52. The molecule has 1 atom stereocenters. The van der Waals surface area contributed by atoms with Gasteiger partial charge < -0.3 is 9.84 Å². The van der Waals surface area contributed by atoms with Crippen molar-refractivity contribution in [3.8, 4) is 11.8 Å². The quantitative estimate of drug-likeness (QED) is 0.538. The minimum absolute atomic E-state index is 0.204. The molecule has 15 heavy (non-hydrogen) atoms. The van der Waals surface area contributed by atoms with Gasteiger partial charge in [0.1, 0.15) is 17.5 Å². The summed E-state index contributed by atoms with van der Waals surface area (Å²) >= 11 is 0. The summed E-state index contributed by atoms with van der Waals surface area (Å²) in [6.45, 7) is 1.55. The van der Waals surface area contributed by atoms with Gasteiger partial charge >= 0.3 is 5.97 Å². The summed E-state index contributed by atoms with van der Waals surface area (Å²) in [6, 6.07) is 4.85. The number of hydrogen-bond donors (Lipinski definition) is 1. The molecule has 0 radical (unpaired) electrons. The summed E-state index contributed by atoms with van der Waals surface area (Å²) in [6.07, 6.45) is -0.714. The predicted octanol–water partition coefficient (Wildman–Crippen LogP) is 0.600. The first kappa shape index (κ1) is 11.2. The maximum Gasteiger partial charge on any atom is 0.356 e. The summed E-state index contributed by atoms with van der Waals surface area (Å²) < 4.78 is 4.52. The highest BCUT2D eigenvalue weighted by molar-refractivity contribution is 5.87. The normalized spacial score (nSPS) is 11.1. The number of carbonyl (C=O) groups excluding carboxylic acids is 1. The Hall–Kier alpha value is -1.86. The van der Waals surface area contributed by atoms with E-state index in [0.717, 1.165) is 0 Å². The van der Waals surface area contributed by atoms with Gasteiger partial charge in [-0.1, -0.05) is 12.0 Å². The fourth-order valence-electron chi connectivity index (χ4n) is 0.901. The lowest BCUT2D eigenvalue weighted by atomic mass is 10.3. The first-order valence-electron chi connectivity index (χ1n) is 4.38. The van der Waals surface area contributed by atoms with E-state index < -0.39 is 12.1 Å². The predicted molar refractivity (Wildman–Crippen MR) is 54.1 cm³/mol. The van der Waals surface area contributed by atoms with Gasteiger partial charge in [0.15, 0.2) is 0 Å². The van der Waals surface area contributed by atoms with Crippen molar-refractivity contribution in [2.75, 3.05) is 7.11 Å². The molecule has 0 amide bonds. The number of ether oxygens (including phenoxy) is 1. The highest BCUT2D eigenvalue weighted by Gasteiger charge is 2.06. The van der Waals surface area contributed by atoms with Crippen molar-refractivity contribution >= 4 is 5.97 Å². The van der Waals surface area contributed by atoms with Gasteiger partial charge in [0.2, 0.25) is 0 Å². The Morgan fingerprint density at radius 2 is 2.33 bits per heavy atom. The number of methoxy groups -OCH3 is 1. The van der Waals surface area contributed by atoms with Crippen LogP contribution in [0.1, 0.15) is 23.1 Å². The smallest absolute Gasteiger partial charge is 0.356 e. The first-order valence-corrected chi connectivity index (χ1v) is 4.38. The van der Waals surface area contributed by atoms with E-state index in [0.29, 0.717) is 5.69 Å². The van der Waals surface area contributed by atoms with Gasteiger partial charge in [0.05, 0.1) is 7.11 Å². The van der Waals surface area contributed by atoms with Crippen LogP contribution in [0.2, 0.25) is 0 Å². The van der Waals surface area contributed by atoms with Crippen LogP contribution in [0.25, 0.3) is 0 Å². The summed E-state index contributed by atoms with van der Waals surface area (Å²) in [5, 5.41) is 8.95. The van der Waals surface area contributed by atoms with Gasteiger partial charge in [-0.3, -0.25) is 0 Å². The van der Waals surface area contributed by atoms with Gasteiger partial charge in [0, 0.05) is 0 Å². The van der Waals surface area contributed by atoms with Crippen LogP contribution in [0.5, 0.6) is 0 Å². The molecule has 78 valence electrons. The molecule has 4 heteroatoms. The van der Waals surface area contributed by atoms with E-state index >= 15 is 0 Å². The largest absolute Gasteiger partial charge is 0.464 e. The maximum atomic E-state index is 11.1. The summed E-state index contributed by atoms with van der Waals surface area (Å²) in [7, 11) is 1.29. The van der Waals surface area contributed by atoms with Gasteiger partial charge in [0.25, 0.3) is 0 Å². The van der Waals surface area contributed by atoms with Gasteiger partial charge in [-0.15, -0.1) is 0 Å². The van der Waals surface area contributed by atoms with Crippen molar-refractivity contribution in [2.24, 2.45) is 0 Å². The molecule has 0 saturated carbocycles. The fourth-order valence-corrected chi connectivity index (χ4v) is 0.901. The van der Waals surface area contributed by atoms with Crippen molar-refractivity contribution in [3.63, 3.8) is 0 Å². The molecule has 0 aromatic carbocycles. The third-order valence-electron chi connectivity index (χ3n) is 1.55. The number of pyridine rings is 1. The van der Waals surface area contributed by atoms with Crippen LogP contribution < -0.4 is 0 Å². The molecule has 1 aromatic heterocycles. The third kappa shape index (κ3) is 3.41. The van der Waals surface area contributed by atoms with Crippen LogP contribution in [0.15, 0.2) is 18.2 Å². The lowest BCUT2D eigenvalue weighted by Crippen LogP contribution is -2.04. The molecule has 0 aliphatic carbocycles. The van der Waals surface area contributed by atoms with E-state index in [9.17, 15) is 4.79 Å². The minimum atomic E-state index is -0.714. The molecule has 0 aliphatic rings. The molecule has 1 rings (SSSR count). The molecule has 1 heterocycles. The van der Waals surface area contributed by atoms with Crippen LogP contribution in [-0.4, -0.2) is 29.3 Å². The Morgan fingerprint density at radius 3 is 2.93 bits per heavy atom. The number of carbonyl (C=O) groups is 1. The second kappa shape index (κ2) is 5.13. The SMILES string of the molecule is COC(=O)c1cccc(C#C[C@H](C)O)n1. The number of aliphatic hydroxyl groups is 1. The molecule has 0 bridgehead atoms. The Kier molecular flexibility index (Phi) is 3.83. The molecule has 1 aromatic rings. The number of aliphatic hydroxyl groups excluding tert-OH is 1. The molecule has 0 unspecified atom stereocenters. The molecule has 0 spiro atoms. The van der Waals surface area contributed by atoms with Crippen molar-refractivity contribution in [1.82, 2.24) is 4.98 Å². The Labute approximate surface area is 87.9 Å². The minimum Gasteiger partial charge on any atom is -0.464 e. The molecular formula is C11H11NO3. The van der Waals surface area contributed by atoms with E-state index in [4.69, 9.17) is 5.11 Å². The maximum absolute atomic E-state index is 11.1. The van der Waals surface area contributed by atoms with Crippen molar-refractivity contribution in [1.29, 1.82) is 0 Å². The summed E-state index contributed by atoms with van der Waals surface area (Å²) in [5.41, 5.74) is 0.633. The number of aromatic nitrogens is 1. The van der Waals surface area contributed by atoms with Crippen molar-refractivity contribution in [3.05, 3.63) is 29.6 Å². The number of esters is 1. The molecule has 4 nitrogen and oxygen atoms in total. The lowest BCUT2D eigenvalue weighted by Gasteiger charge is -1.97. The average molecular weight is 205 g/mol. The van der Waals surface area contributed by atoms with E-state index in [1.165, 1.54) is 7.11 Å². The van der Waals surface area contributed by atoms with Crippen molar-refractivity contribution < 1.29 is 14.6 Å². The molecule has 0 fully saturated rings. The Bertz CT molecular complexity index is 415. The van der Waals surface area contributed by atoms with Crippen LogP contribution in [0.3, 0.4) is 0 Å². The highest BCUT2D eigenvalue weighted by Crippen LogP contribution is 1.99. The van der Waals surface area contributed by atoms with Crippen LogP contribution in [-0.2, 0) is 4.74 Å². The number of rotatable bonds is 1. The zero-order valence-corrected chi connectivity index (χ0v) is 8.52. The van der Waals surface area contributed by atoms with Gasteiger partial charge in [-0.05, 0) is 25.0 Å². The third-order valence-corrected chi connectivity index (χ3v) is 1.55. The fraction of sp³-hybridized carbons (Fsp3) is 0.273. The second-order valence-electron chi connectivity index (χ2n) is 2.84. The van der Waals surface area contributed by atoms with Crippen LogP contribution in [0, 0.1) is 11.8 Å². The number of nitrogens with zero attached hydrogens (tertiary/aromatic N) is 1. The van der Waals surface area contributed by atoms with Crippen LogP contribution >= 0.6 is 0 Å². The lowest BCUT2D eigenvalue weighted by molar-refractivity contribution is 0.0594.